The summed E-state index contributed by atoms with van der Waals surface area (Å²) in [6.45, 7) is 4.94. The normalized spacial score (nSPS) is 14.7. The summed E-state index contributed by atoms with van der Waals surface area (Å²) < 4.78 is 5.41. The summed E-state index contributed by atoms with van der Waals surface area (Å²) in [5, 5.41) is 4.02. The maximum Gasteiger partial charge on any atom is 0.278 e. The Labute approximate surface area is 190 Å². The van der Waals surface area contributed by atoms with Crippen LogP contribution < -0.4 is 16.0 Å². The Morgan fingerprint density at radius 2 is 1.84 bits per heavy atom. The number of oxazole rings is 1. The Balaban J connectivity index is 1.79. The van der Waals surface area contributed by atoms with Gasteiger partial charge in [-0.25, -0.2) is 4.98 Å². The number of nitrogens with two attached hydrogens (primary N) is 1. The highest BCUT2D eigenvalue weighted by molar-refractivity contribution is 6.35. The third-order valence-electron chi connectivity index (χ3n) is 5.31. The van der Waals surface area contributed by atoms with Crippen molar-refractivity contribution in [2.24, 2.45) is 5.73 Å². The maximum atomic E-state index is 12.9. The minimum Gasteiger partial charge on any atom is -0.445 e. The molecule has 9 heteroatoms. The van der Waals surface area contributed by atoms with Gasteiger partial charge in [0.05, 0.1) is 17.6 Å². The average Bonchev–Trinajstić information content (AvgIpc) is 3.06. The highest BCUT2D eigenvalue weighted by Crippen LogP contribution is 2.39. The molecule has 4 rings (SSSR count). The van der Waals surface area contributed by atoms with Gasteiger partial charge in [-0.2, -0.15) is 0 Å². The number of amides is 1. The highest BCUT2D eigenvalue weighted by atomic mass is 35.5. The number of benzene rings is 1. The second-order valence-electron chi connectivity index (χ2n) is 7.66. The van der Waals surface area contributed by atoms with Gasteiger partial charge in [0.25, 0.3) is 5.91 Å². The monoisotopic (exact) mass is 459 g/mol. The van der Waals surface area contributed by atoms with Crippen LogP contribution in [-0.4, -0.2) is 35.0 Å². The van der Waals surface area contributed by atoms with E-state index in [4.69, 9.17) is 33.4 Å². The van der Waals surface area contributed by atoms with Gasteiger partial charge in [-0.1, -0.05) is 23.2 Å². The lowest BCUT2D eigenvalue weighted by molar-refractivity contribution is 0.102. The van der Waals surface area contributed by atoms with E-state index in [1.165, 1.54) is 0 Å². The van der Waals surface area contributed by atoms with Crippen molar-refractivity contribution in [3.8, 4) is 11.1 Å². The van der Waals surface area contributed by atoms with Gasteiger partial charge in [0.2, 0.25) is 0 Å². The standard InChI is InChI=1S/C22H23Cl2N5O2/c1-12-20(27-13(2)31-12)22(30)28-19-11-26-10-18(14-7-15(23)9-16(24)8-14)21(19)29-5-3-17(25)4-6-29/h7-11,17H,3-6,25H2,1-2H3,(H,28,30). The molecule has 0 unspecified atom stereocenters. The van der Waals surface area contributed by atoms with E-state index in [2.05, 4.69) is 20.2 Å². The molecule has 31 heavy (non-hydrogen) atoms. The molecular weight excluding hydrogens is 437 g/mol. The number of piperidine rings is 1. The molecule has 7 nitrogen and oxygen atoms in total. The third kappa shape index (κ3) is 4.69. The molecule has 0 bridgehead atoms. The molecule has 0 aliphatic carbocycles. The van der Waals surface area contributed by atoms with Crippen LogP contribution in [-0.2, 0) is 0 Å². The van der Waals surface area contributed by atoms with Crippen LogP contribution in [0.1, 0.15) is 35.0 Å². The third-order valence-corrected chi connectivity index (χ3v) is 5.75. The number of pyridine rings is 1. The smallest absolute Gasteiger partial charge is 0.278 e. The Hall–Kier alpha value is -2.61. The number of carbonyl (C=O) groups is 1. The molecule has 1 aromatic carbocycles. The Bertz CT molecular complexity index is 1100. The average molecular weight is 460 g/mol. The second kappa shape index (κ2) is 8.86. The van der Waals surface area contributed by atoms with E-state index in [9.17, 15) is 4.79 Å². The molecule has 162 valence electrons. The van der Waals surface area contributed by atoms with Gasteiger partial charge in [0, 0.05) is 47.9 Å². The van der Waals surface area contributed by atoms with E-state index in [0.717, 1.165) is 42.7 Å². The lowest BCUT2D eigenvalue weighted by atomic mass is 10.0. The quantitative estimate of drug-likeness (QED) is 0.578. The summed E-state index contributed by atoms with van der Waals surface area (Å²) in [5.41, 5.74) is 9.44. The molecule has 1 amide bonds. The number of anilines is 2. The van der Waals surface area contributed by atoms with Crippen LogP contribution in [0.15, 0.2) is 35.0 Å². The van der Waals surface area contributed by atoms with E-state index in [-0.39, 0.29) is 17.6 Å². The molecule has 0 saturated carbocycles. The van der Waals surface area contributed by atoms with Crippen LogP contribution in [0.4, 0.5) is 11.4 Å². The Kier molecular flexibility index (Phi) is 6.18. The minimum atomic E-state index is -0.354. The number of nitrogens with zero attached hydrogens (tertiary/aromatic N) is 3. The predicted molar refractivity (Wildman–Crippen MR) is 123 cm³/mol. The van der Waals surface area contributed by atoms with Crippen LogP contribution in [0.5, 0.6) is 0 Å². The summed E-state index contributed by atoms with van der Waals surface area (Å²) in [4.78, 5) is 23.7. The SMILES string of the molecule is Cc1nc(C(=O)Nc2cncc(-c3cc(Cl)cc(Cl)c3)c2N2CCC(N)CC2)c(C)o1. The summed E-state index contributed by atoms with van der Waals surface area (Å²) >= 11 is 12.5. The van der Waals surface area contributed by atoms with Gasteiger partial charge < -0.3 is 20.4 Å². The predicted octanol–water partition coefficient (Wildman–Crippen LogP) is 4.84. The molecule has 0 radical (unpaired) electrons. The molecule has 0 atom stereocenters. The number of halogens is 2. The topological polar surface area (TPSA) is 97.3 Å². The zero-order valence-electron chi connectivity index (χ0n) is 17.3. The Morgan fingerprint density at radius 1 is 1.16 bits per heavy atom. The van der Waals surface area contributed by atoms with Gasteiger partial charge >= 0.3 is 0 Å². The molecule has 0 spiro atoms. The summed E-state index contributed by atoms with van der Waals surface area (Å²) in [6.07, 6.45) is 5.10. The number of hydrogen-bond donors (Lipinski definition) is 2. The molecule has 1 aliphatic rings. The fraction of sp³-hybridized carbons (Fsp3) is 0.318. The number of aryl methyl sites for hydroxylation is 2. The number of nitrogens with one attached hydrogen (secondary N) is 1. The van der Waals surface area contributed by atoms with Crippen LogP contribution in [0.25, 0.3) is 11.1 Å². The van der Waals surface area contributed by atoms with Crippen molar-refractivity contribution in [2.75, 3.05) is 23.3 Å². The van der Waals surface area contributed by atoms with Gasteiger partial charge in [-0.05, 0) is 43.5 Å². The fourth-order valence-electron chi connectivity index (χ4n) is 3.85. The van der Waals surface area contributed by atoms with Crippen LogP contribution in [0.3, 0.4) is 0 Å². The number of rotatable bonds is 4. The molecule has 3 aromatic rings. The van der Waals surface area contributed by atoms with Gasteiger partial charge in [-0.3, -0.25) is 9.78 Å². The van der Waals surface area contributed by atoms with Gasteiger partial charge in [0.15, 0.2) is 11.6 Å². The van der Waals surface area contributed by atoms with Crippen LogP contribution in [0, 0.1) is 13.8 Å². The van der Waals surface area contributed by atoms with Crippen molar-refractivity contribution in [2.45, 2.75) is 32.7 Å². The number of carbonyl (C=O) groups excluding carboxylic acids is 1. The van der Waals surface area contributed by atoms with E-state index in [1.54, 1.807) is 32.3 Å². The van der Waals surface area contributed by atoms with Crippen molar-refractivity contribution < 1.29 is 9.21 Å². The first-order chi connectivity index (χ1) is 14.8. The lowest BCUT2D eigenvalue weighted by Crippen LogP contribution is -2.40. The molecular formula is C22H23Cl2N5O2. The largest absolute Gasteiger partial charge is 0.445 e. The van der Waals surface area contributed by atoms with Crippen molar-refractivity contribution in [1.82, 2.24) is 9.97 Å². The lowest BCUT2D eigenvalue weighted by Gasteiger charge is -2.34. The van der Waals surface area contributed by atoms with Gasteiger partial charge in [-0.15, -0.1) is 0 Å². The first-order valence-corrected chi connectivity index (χ1v) is 10.8. The highest BCUT2D eigenvalue weighted by Gasteiger charge is 2.25. The van der Waals surface area contributed by atoms with E-state index >= 15 is 0 Å². The van der Waals surface area contributed by atoms with Crippen molar-refractivity contribution in [3.05, 3.63) is 58.0 Å². The second-order valence-corrected chi connectivity index (χ2v) is 8.53. The summed E-state index contributed by atoms with van der Waals surface area (Å²) in [6, 6.07) is 5.52. The minimum absolute atomic E-state index is 0.168. The van der Waals surface area contributed by atoms with E-state index < -0.39 is 0 Å². The molecule has 3 N–H and O–H groups in total. The maximum absolute atomic E-state index is 12.9. The van der Waals surface area contributed by atoms with E-state index in [0.29, 0.717) is 27.4 Å². The van der Waals surface area contributed by atoms with E-state index in [1.807, 2.05) is 12.1 Å². The first kappa shape index (κ1) is 21.6. The summed E-state index contributed by atoms with van der Waals surface area (Å²) in [5.74, 6) is 0.548. The molecule has 2 aromatic heterocycles. The van der Waals surface area contributed by atoms with Crippen LogP contribution >= 0.6 is 23.2 Å². The zero-order valence-corrected chi connectivity index (χ0v) is 18.8. The summed E-state index contributed by atoms with van der Waals surface area (Å²) in [7, 11) is 0. The van der Waals surface area contributed by atoms with Crippen molar-refractivity contribution in [1.29, 1.82) is 0 Å². The molecule has 1 saturated heterocycles. The molecule has 1 aliphatic heterocycles. The molecule has 3 heterocycles. The van der Waals surface area contributed by atoms with Crippen molar-refractivity contribution >= 4 is 40.5 Å². The van der Waals surface area contributed by atoms with Crippen LogP contribution in [0.2, 0.25) is 10.0 Å². The first-order valence-electron chi connectivity index (χ1n) is 10.0. The number of hydrogen-bond acceptors (Lipinski definition) is 6. The Morgan fingerprint density at radius 3 is 2.45 bits per heavy atom. The molecule has 1 fully saturated rings. The van der Waals surface area contributed by atoms with Crippen molar-refractivity contribution in [3.63, 3.8) is 0 Å². The fourth-order valence-corrected chi connectivity index (χ4v) is 4.38. The number of aromatic nitrogens is 2. The zero-order chi connectivity index (χ0) is 22.1. The van der Waals surface area contributed by atoms with Gasteiger partial charge in [0.1, 0.15) is 5.76 Å².